The molecule has 0 spiro atoms. The molecule has 1 N–H and O–H groups in total. The highest BCUT2D eigenvalue weighted by atomic mass is 32.2. The Bertz CT molecular complexity index is 811. The lowest BCUT2D eigenvalue weighted by molar-refractivity contribution is 0.457. The van der Waals surface area contributed by atoms with Gasteiger partial charge in [-0.3, -0.25) is 9.55 Å². The number of rotatable bonds is 4. The van der Waals surface area contributed by atoms with Crippen molar-refractivity contribution in [3.63, 3.8) is 0 Å². The number of fused-ring (bicyclic) bond motifs is 3. The second-order valence-corrected chi connectivity index (χ2v) is 7.00. The zero-order valence-electron chi connectivity index (χ0n) is 11.7. The Balaban J connectivity index is 2.18. The Morgan fingerprint density at radius 3 is 2.71 bits per heavy atom. The van der Waals surface area contributed by atoms with Crippen molar-refractivity contribution in [1.29, 1.82) is 0 Å². The third kappa shape index (κ3) is 2.47. The second kappa shape index (κ2) is 5.24. The van der Waals surface area contributed by atoms with Crippen molar-refractivity contribution >= 4 is 32.8 Å². The van der Waals surface area contributed by atoms with E-state index >= 15 is 0 Å². The molecule has 0 aliphatic carbocycles. The molecular formula is C16H17NO3S. The monoisotopic (exact) mass is 303 g/mol. The molecule has 4 nitrogen and oxygen atoms in total. The SMILES string of the molecule is CCCC(C1C=Nc2ccc3ccccc3c21)S(=O)(=O)O. The van der Waals surface area contributed by atoms with Gasteiger partial charge < -0.3 is 0 Å². The van der Waals surface area contributed by atoms with Gasteiger partial charge in [-0.1, -0.05) is 43.7 Å². The molecular weight excluding hydrogens is 286 g/mol. The summed E-state index contributed by atoms with van der Waals surface area (Å²) in [5.41, 5.74) is 1.70. The Morgan fingerprint density at radius 2 is 2.00 bits per heavy atom. The molecule has 3 rings (SSSR count). The minimum atomic E-state index is -4.11. The number of hydrogen-bond acceptors (Lipinski definition) is 3. The molecule has 2 aromatic carbocycles. The Labute approximate surface area is 124 Å². The molecule has 0 radical (unpaired) electrons. The van der Waals surface area contributed by atoms with Crippen molar-refractivity contribution in [2.45, 2.75) is 30.9 Å². The summed E-state index contributed by atoms with van der Waals surface area (Å²) in [6, 6.07) is 11.7. The average molecular weight is 303 g/mol. The van der Waals surface area contributed by atoms with Gasteiger partial charge in [-0.15, -0.1) is 0 Å². The van der Waals surface area contributed by atoms with Gasteiger partial charge in [0.15, 0.2) is 0 Å². The lowest BCUT2D eigenvalue weighted by Crippen LogP contribution is -2.28. The fourth-order valence-electron chi connectivity index (χ4n) is 3.06. The maximum atomic E-state index is 11.7. The van der Waals surface area contributed by atoms with Crippen LogP contribution < -0.4 is 0 Å². The first kappa shape index (κ1) is 14.2. The van der Waals surface area contributed by atoms with Gasteiger partial charge >= 0.3 is 0 Å². The van der Waals surface area contributed by atoms with Crippen LogP contribution >= 0.6 is 0 Å². The molecule has 1 aliphatic rings. The maximum absolute atomic E-state index is 11.7. The van der Waals surface area contributed by atoms with E-state index in [0.29, 0.717) is 12.8 Å². The van der Waals surface area contributed by atoms with Crippen LogP contribution in [0.2, 0.25) is 0 Å². The average Bonchev–Trinajstić information content (AvgIpc) is 2.87. The molecule has 5 heteroatoms. The van der Waals surface area contributed by atoms with Gasteiger partial charge in [-0.25, -0.2) is 0 Å². The molecule has 0 bridgehead atoms. The molecule has 0 saturated carbocycles. The van der Waals surface area contributed by atoms with Crippen LogP contribution in [-0.2, 0) is 10.1 Å². The van der Waals surface area contributed by atoms with E-state index in [1.165, 1.54) is 0 Å². The van der Waals surface area contributed by atoms with Crippen LogP contribution in [0.1, 0.15) is 31.2 Å². The summed E-state index contributed by atoms with van der Waals surface area (Å²) in [6.45, 7) is 1.91. The summed E-state index contributed by atoms with van der Waals surface area (Å²) in [5, 5.41) is 1.22. The van der Waals surface area contributed by atoms with Gasteiger partial charge in [0.05, 0.1) is 10.9 Å². The zero-order chi connectivity index (χ0) is 15.0. The summed E-state index contributed by atoms with van der Waals surface area (Å²) < 4.78 is 33.1. The number of nitrogens with zero attached hydrogens (tertiary/aromatic N) is 1. The quantitative estimate of drug-likeness (QED) is 0.876. The summed E-state index contributed by atoms with van der Waals surface area (Å²) in [6.07, 6.45) is 2.76. The predicted molar refractivity (Wildman–Crippen MR) is 85.1 cm³/mol. The number of benzene rings is 2. The van der Waals surface area contributed by atoms with E-state index in [4.69, 9.17) is 0 Å². The molecule has 2 aromatic rings. The molecule has 0 amide bonds. The van der Waals surface area contributed by atoms with E-state index in [9.17, 15) is 13.0 Å². The minimum absolute atomic E-state index is 0.388. The third-order valence-electron chi connectivity index (χ3n) is 4.01. The molecule has 2 atom stereocenters. The lowest BCUT2D eigenvalue weighted by atomic mass is 9.90. The van der Waals surface area contributed by atoms with Crippen molar-refractivity contribution in [2.24, 2.45) is 4.99 Å². The maximum Gasteiger partial charge on any atom is 0.268 e. The topological polar surface area (TPSA) is 66.7 Å². The van der Waals surface area contributed by atoms with E-state index in [2.05, 4.69) is 4.99 Å². The smallest absolute Gasteiger partial charge is 0.268 e. The standard InChI is InChI=1S/C16H17NO3S/c1-2-5-15(21(18,19)20)13-10-17-14-9-8-11-6-3-4-7-12(11)16(13)14/h3-4,6-10,13,15H,2,5H2,1H3,(H,18,19,20). The first-order valence-electron chi connectivity index (χ1n) is 7.04. The van der Waals surface area contributed by atoms with Crippen molar-refractivity contribution in [3.8, 4) is 0 Å². The van der Waals surface area contributed by atoms with E-state index in [1.54, 1.807) is 6.21 Å². The molecule has 110 valence electrons. The largest absolute Gasteiger partial charge is 0.285 e. The summed E-state index contributed by atoms with van der Waals surface area (Å²) in [5.74, 6) is -0.388. The van der Waals surface area contributed by atoms with E-state index in [0.717, 1.165) is 22.0 Å². The van der Waals surface area contributed by atoms with Crippen LogP contribution in [0.25, 0.3) is 10.8 Å². The fraction of sp³-hybridized carbons (Fsp3) is 0.312. The van der Waals surface area contributed by atoms with Crippen molar-refractivity contribution < 1.29 is 13.0 Å². The van der Waals surface area contributed by atoms with Crippen LogP contribution in [-0.4, -0.2) is 24.4 Å². The molecule has 1 aliphatic heterocycles. The van der Waals surface area contributed by atoms with Crippen molar-refractivity contribution in [3.05, 3.63) is 42.0 Å². The third-order valence-corrected chi connectivity index (χ3v) is 5.31. The molecule has 0 fully saturated rings. The van der Waals surface area contributed by atoms with Crippen LogP contribution in [0.4, 0.5) is 5.69 Å². The van der Waals surface area contributed by atoms with E-state index in [-0.39, 0.29) is 5.92 Å². The summed E-state index contributed by atoms with van der Waals surface area (Å²) in [7, 11) is -4.11. The Hall–Kier alpha value is -1.72. The lowest BCUT2D eigenvalue weighted by Gasteiger charge is -2.20. The van der Waals surface area contributed by atoms with Gasteiger partial charge in [0.2, 0.25) is 0 Å². The van der Waals surface area contributed by atoms with Crippen LogP contribution in [0, 0.1) is 0 Å². The second-order valence-electron chi connectivity index (χ2n) is 5.37. The molecule has 0 aromatic heterocycles. The van der Waals surface area contributed by atoms with E-state index in [1.807, 2.05) is 43.3 Å². The van der Waals surface area contributed by atoms with Crippen LogP contribution in [0.15, 0.2) is 41.4 Å². The molecule has 1 heterocycles. The van der Waals surface area contributed by atoms with E-state index < -0.39 is 15.4 Å². The highest BCUT2D eigenvalue weighted by molar-refractivity contribution is 7.86. The molecule has 0 saturated heterocycles. The number of hydrogen-bond donors (Lipinski definition) is 1. The normalized spacial score (nSPS) is 18.9. The minimum Gasteiger partial charge on any atom is -0.285 e. The van der Waals surface area contributed by atoms with Crippen molar-refractivity contribution in [2.75, 3.05) is 0 Å². The van der Waals surface area contributed by atoms with Crippen LogP contribution in [0.5, 0.6) is 0 Å². The van der Waals surface area contributed by atoms with Gasteiger partial charge in [0.25, 0.3) is 10.1 Å². The first-order valence-corrected chi connectivity index (χ1v) is 8.55. The Morgan fingerprint density at radius 1 is 1.24 bits per heavy atom. The first-order chi connectivity index (χ1) is 10.0. The highest BCUT2D eigenvalue weighted by Gasteiger charge is 2.36. The molecule has 21 heavy (non-hydrogen) atoms. The Kier molecular flexibility index (Phi) is 3.55. The van der Waals surface area contributed by atoms with Gasteiger partial charge in [0.1, 0.15) is 0 Å². The van der Waals surface area contributed by atoms with Gasteiger partial charge in [-0.2, -0.15) is 8.42 Å². The number of aliphatic imine (C=N–C) groups is 1. The van der Waals surface area contributed by atoms with Crippen LogP contribution in [0.3, 0.4) is 0 Å². The zero-order valence-corrected chi connectivity index (χ0v) is 12.5. The van der Waals surface area contributed by atoms with Gasteiger partial charge in [-0.05, 0) is 28.8 Å². The molecule has 2 unspecified atom stereocenters. The van der Waals surface area contributed by atoms with Gasteiger partial charge in [0, 0.05) is 12.1 Å². The fourth-order valence-corrected chi connectivity index (χ4v) is 4.17. The highest BCUT2D eigenvalue weighted by Crippen LogP contribution is 2.41. The summed E-state index contributed by atoms with van der Waals surface area (Å²) in [4.78, 5) is 4.35. The predicted octanol–water partition coefficient (Wildman–Crippen LogP) is 3.70. The van der Waals surface area contributed by atoms with Crippen molar-refractivity contribution in [1.82, 2.24) is 0 Å². The summed E-state index contributed by atoms with van der Waals surface area (Å²) >= 11 is 0.